The molecule has 0 aliphatic rings. The molecule has 0 aliphatic heterocycles. The molecule has 0 heterocycles. The second-order valence-electron chi connectivity index (χ2n) is 6.72. The molecule has 0 radical (unpaired) electrons. The SMILES string of the molecule is CCC(=O)[C@](C[C@H](C)N(C)C)(c1ccccc1)c1cc(Cl)cc(Br)c1. The fraction of sp³-hybridized carbons (Fsp3) is 0.381. The summed E-state index contributed by atoms with van der Waals surface area (Å²) in [6.45, 7) is 4.08. The minimum atomic E-state index is -0.715. The van der Waals surface area contributed by atoms with E-state index in [0.29, 0.717) is 17.9 Å². The van der Waals surface area contributed by atoms with E-state index in [1.165, 1.54) is 0 Å². The summed E-state index contributed by atoms with van der Waals surface area (Å²) < 4.78 is 0.886. The molecule has 0 fully saturated rings. The Labute approximate surface area is 164 Å². The highest BCUT2D eigenvalue weighted by atomic mass is 79.9. The first kappa shape index (κ1) is 20.2. The molecule has 2 atom stereocenters. The number of benzene rings is 2. The monoisotopic (exact) mass is 421 g/mol. The maximum absolute atomic E-state index is 13.3. The molecule has 0 amide bonds. The van der Waals surface area contributed by atoms with E-state index >= 15 is 0 Å². The zero-order valence-corrected chi connectivity index (χ0v) is 17.6. The summed E-state index contributed by atoms with van der Waals surface area (Å²) in [5.74, 6) is 0.210. The maximum Gasteiger partial charge on any atom is 0.147 e. The number of halogens is 2. The number of hydrogen-bond acceptors (Lipinski definition) is 2. The number of carbonyl (C=O) groups excluding carboxylic acids is 1. The Morgan fingerprint density at radius 2 is 1.80 bits per heavy atom. The highest BCUT2D eigenvalue weighted by Gasteiger charge is 2.42. The van der Waals surface area contributed by atoms with Crippen molar-refractivity contribution in [2.75, 3.05) is 14.1 Å². The first-order valence-electron chi connectivity index (χ1n) is 8.53. The van der Waals surface area contributed by atoms with E-state index in [1.807, 2.05) is 69.6 Å². The average molecular weight is 423 g/mol. The van der Waals surface area contributed by atoms with Crippen molar-refractivity contribution in [1.29, 1.82) is 0 Å². The molecule has 4 heteroatoms. The van der Waals surface area contributed by atoms with Crippen molar-refractivity contribution in [2.24, 2.45) is 0 Å². The Morgan fingerprint density at radius 3 is 2.32 bits per heavy atom. The topological polar surface area (TPSA) is 20.3 Å². The predicted octanol–water partition coefficient (Wildman–Crippen LogP) is 5.71. The lowest BCUT2D eigenvalue weighted by molar-refractivity contribution is -0.123. The van der Waals surface area contributed by atoms with Crippen molar-refractivity contribution in [2.45, 2.75) is 38.1 Å². The quantitative estimate of drug-likeness (QED) is 0.570. The molecule has 2 aromatic rings. The normalized spacial score (nSPS) is 15.0. The molecule has 2 rings (SSSR count). The second kappa shape index (κ2) is 8.48. The van der Waals surface area contributed by atoms with E-state index in [0.717, 1.165) is 15.6 Å². The van der Waals surface area contributed by atoms with Gasteiger partial charge in [0.15, 0.2) is 0 Å². The molecule has 134 valence electrons. The van der Waals surface area contributed by atoms with Gasteiger partial charge in [-0.25, -0.2) is 0 Å². The van der Waals surface area contributed by atoms with Crippen LogP contribution < -0.4 is 0 Å². The minimum Gasteiger partial charge on any atom is -0.307 e. The molecular weight excluding hydrogens is 398 g/mol. The summed E-state index contributed by atoms with van der Waals surface area (Å²) in [5, 5.41) is 0.631. The number of hydrogen-bond donors (Lipinski definition) is 0. The highest BCUT2D eigenvalue weighted by molar-refractivity contribution is 9.10. The minimum absolute atomic E-state index is 0.210. The van der Waals surface area contributed by atoms with Crippen LogP contribution in [0.25, 0.3) is 0 Å². The Bertz CT molecular complexity index is 712. The standard InChI is InChI=1S/C21H25BrClNO/c1-5-20(25)21(14-15(2)24(3)4,16-9-7-6-8-10-16)17-11-18(22)13-19(23)12-17/h6-13,15H,5,14H2,1-4H3/t15-,21+/m0/s1. The van der Waals surface area contributed by atoms with Crippen molar-refractivity contribution in [3.05, 3.63) is 69.2 Å². The van der Waals surface area contributed by atoms with Crippen molar-refractivity contribution >= 4 is 33.3 Å². The van der Waals surface area contributed by atoms with Gasteiger partial charge in [0.05, 0.1) is 5.41 Å². The second-order valence-corrected chi connectivity index (χ2v) is 8.08. The van der Waals surface area contributed by atoms with Crippen LogP contribution in [0.1, 0.15) is 37.8 Å². The summed E-state index contributed by atoms with van der Waals surface area (Å²) in [5.41, 5.74) is 1.25. The molecular formula is C21H25BrClNO. The average Bonchev–Trinajstić information content (AvgIpc) is 2.58. The van der Waals surface area contributed by atoms with Gasteiger partial charge in [0.1, 0.15) is 5.78 Å². The molecule has 25 heavy (non-hydrogen) atoms. The lowest BCUT2D eigenvalue weighted by Crippen LogP contribution is -2.43. The number of Topliss-reactive ketones (excluding diaryl/α,β-unsaturated/α-hetero) is 1. The van der Waals surface area contributed by atoms with Crippen molar-refractivity contribution in [3.8, 4) is 0 Å². The largest absolute Gasteiger partial charge is 0.307 e. The van der Waals surface area contributed by atoms with Gasteiger partial charge in [0.25, 0.3) is 0 Å². The van der Waals surface area contributed by atoms with Crippen LogP contribution in [0.15, 0.2) is 53.0 Å². The smallest absolute Gasteiger partial charge is 0.147 e. The van der Waals surface area contributed by atoms with Gasteiger partial charge >= 0.3 is 0 Å². The molecule has 0 aromatic heterocycles. The molecule has 0 saturated heterocycles. The van der Waals surface area contributed by atoms with Crippen LogP contribution in [-0.2, 0) is 10.2 Å². The summed E-state index contributed by atoms with van der Waals surface area (Å²) in [7, 11) is 4.09. The molecule has 0 bridgehead atoms. The van der Waals surface area contributed by atoms with Gasteiger partial charge in [-0.05, 0) is 56.8 Å². The third-order valence-electron chi connectivity index (χ3n) is 4.90. The lowest BCUT2D eigenvalue weighted by Gasteiger charge is -2.37. The number of nitrogens with zero attached hydrogens (tertiary/aromatic N) is 1. The molecule has 0 unspecified atom stereocenters. The van der Waals surface area contributed by atoms with E-state index < -0.39 is 5.41 Å². The van der Waals surface area contributed by atoms with E-state index in [2.05, 4.69) is 27.8 Å². The third kappa shape index (κ3) is 4.33. The van der Waals surface area contributed by atoms with Crippen molar-refractivity contribution < 1.29 is 4.79 Å². The molecule has 0 spiro atoms. The Balaban J connectivity index is 2.76. The first-order valence-corrected chi connectivity index (χ1v) is 9.70. The molecule has 2 nitrogen and oxygen atoms in total. The molecule has 0 N–H and O–H groups in total. The van der Waals surface area contributed by atoms with Gasteiger partial charge in [0.2, 0.25) is 0 Å². The fourth-order valence-electron chi connectivity index (χ4n) is 3.29. The molecule has 0 saturated carbocycles. The molecule has 0 aliphatic carbocycles. The van der Waals surface area contributed by atoms with Gasteiger partial charge in [-0.3, -0.25) is 4.79 Å². The van der Waals surface area contributed by atoms with Crippen LogP contribution in [-0.4, -0.2) is 30.8 Å². The fourth-order valence-corrected chi connectivity index (χ4v) is 4.15. The van der Waals surface area contributed by atoms with Gasteiger partial charge in [-0.1, -0.05) is 64.8 Å². The van der Waals surface area contributed by atoms with E-state index in [9.17, 15) is 4.79 Å². The van der Waals surface area contributed by atoms with E-state index in [1.54, 1.807) is 0 Å². The highest BCUT2D eigenvalue weighted by Crippen LogP contribution is 2.41. The zero-order valence-electron chi connectivity index (χ0n) is 15.2. The summed E-state index contributed by atoms with van der Waals surface area (Å²) >= 11 is 9.88. The first-order chi connectivity index (χ1) is 11.8. The number of ketones is 1. The van der Waals surface area contributed by atoms with Crippen LogP contribution in [0.2, 0.25) is 5.02 Å². The van der Waals surface area contributed by atoms with Crippen LogP contribution in [0.5, 0.6) is 0 Å². The van der Waals surface area contributed by atoms with Gasteiger partial charge < -0.3 is 4.90 Å². The van der Waals surface area contributed by atoms with Crippen molar-refractivity contribution in [1.82, 2.24) is 4.90 Å². The Kier molecular flexibility index (Phi) is 6.84. The zero-order chi connectivity index (χ0) is 18.6. The summed E-state index contributed by atoms with van der Waals surface area (Å²) in [6.07, 6.45) is 1.17. The van der Waals surface area contributed by atoms with Gasteiger partial charge in [-0.2, -0.15) is 0 Å². The molecule has 2 aromatic carbocycles. The summed E-state index contributed by atoms with van der Waals surface area (Å²) in [6, 6.07) is 16.1. The van der Waals surface area contributed by atoms with Gasteiger partial charge in [0, 0.05) is 22.0 Å². The number of rotatable bonds is 7. The van der Waals surface area contributed by atoms with Crippen LogP contribution in [0.3, 0.4) is 0 Å². The third-order valence-corrected chi connectivity index (χ3v) is 5.58. The van der Waals surface area contributed by atoms with E-state index in [4.69, 9.17) is 11.6 Å². The number of carbonyl (C=O) groups is 1. The Morgan fingerprint density at radius 1 is 1.16 bits per heavy atom. The van der Waals surface area contributed by atoms with Gasteiger partial charge in [-0.15, -0.1) is 0 Å². The maximum atomic E-state index is 13.3. The van der Waals surface area contributed by atoms with E-state index in [-0.39, 0.29) is 11.8 Å². The van der Waals surface area contributed by atoms with Crippen molar-refractivity contribution in [3.63, 3.8) is 0 Å². The summed E-state index contributed by atoms with van der Waals surface area (Å²) in [4.78, 5) is 15.5. The van der Waals surface area contributed by atoms with Crippen LogP contribution >= 0.6 is 27.5 Å². The predicted molar refractivity (Wildman–Crippen MR) is 109 cm³/mol. The lowest BCUT2D eigenvalue weighted by atomic mass is 9.67. The van der Waals surface area contributed by atoms with Crippen LogP contribution in [0, 0.1) is 0 Å². The van der Waals surface area contributed by atoms with Crippen LogP contribution in [0.4, 0.5) is 0 Å². The Hall–Kier alpha value is -1.16.